The molecule has 0 aliphatic rings. The lowest BCUT2D eigenvalue weighted by atomic mass is 10.1. The number of sulfone groups is 1. The molecular formula is C17H20O2S. The Morgan fingerprint density at radius 3 is 2.30 bits per heavy atom. The summed E-state index contributed by atoms with van der Waals surface area (Å²) >= 11 is 0. The second-order valence-corrected chi connectivity index (χ2v) is 7.41. The first kappa shape index (κ1) is 14.8. The van der Waals surface area contributed by atoms with E-state index in [0.29, 0.717) is 11.3 Å². The highest BCUT2D eigenvalue weighted by atomic mass is 32.2. The van der Waals surface area contributed by atoms with E-state index in [0.717, 1.165) is 22.3 Å². The quantitative estimate of drug-likeness (QED) is 0.861. The van der Waals surface area contributed by atoms with Crippen LogP contribution in [0.1, 0.15) is 22.3 Å². The minimum atomic E-state index is -3.21. The molecule has 0 atom stereocenters. The van der Waals surface area contributed by atoms with E-state index in [9.17, 15) is 8.42 Å². The van der Waals surface area contributed by atoms with Crippen LogP contribution in [0, 0.1) is 20.8 Å². The van der Waals surface area contributed by atoms with Crippen LogP contribution in [0.2, 0.25) is 0 Å². The third-order valence-corrected chi connectivity index (χ3v) is 5.29. The van der Waals surface area contributed by atoms with Gasteiger partial charge in [0, 0.05) is 0 Å². The fourth-order valence-electron chi connectivity index (χ4n) is 2.15. The summed E-state index contributed by atoms with van der Waals surface area (Å²) in [6, 6.07) is 13.3. The molecular weight excluding hydrogens is 268 g/mol. The summed E-state index contributed by atoms with van der Waals surface area (Å²) in [4.78, 5) is 0.424. The molecule has 2 rings (SSSR count). The average molecular weight is 288 g/mol. The van der Waals surface area contributed by atoms with Crippen LogP contribution in [-0.2, 0) is 16.3 Å². The Kier molecular flexibility index (Phi) is 4.29. The molecule has 2 nitrogen and oxygen atoms in total. The highest BCUT2D eigenvalue weighted by Crippen LogP contribution is 2.17. The number of hydrogen-bond donors (Lipinski definition) is 0. The van der Waals surface area contributed by atoms with Gasteiger partial charge in [0.25, 0.3) is 0 Å². The molecule has 0 aliphatic carbocycles. The summed E-state index contributed by atoms with van der Waals surface area (Å²) in [5, 5.41) is 0. The van der Waals surface area contributed by atoms with Crippen molar-refractivity contribution in [3.8, 4) is 0 Å². The topological polar surface area (TPSA) is 34.1 Å². The van der Waals surface area contributed by atoms with E-state index in [1.807, 2.05) is 51.1 Å². The van der Waals surface area contributed by atoms with Gasteiger partial charge in [0.05, 0.1) is 10.6 Å². The molecule has 0 bridgehead atoms. The van der Waals surface area contributed by atoms with Crippen LogP contribution >= 0.6 is 0 Å². The van der Waals surface area contributed by atoms with Gasteiger partial charge in [-0.2, -0.15) is 0 Å². The monoisotopic (exact) mass is 288 g/mol. The highest BCUT2D eigenvalue weighted by molar-refractivity contribution is 7.91. The molecule has 0 spiro atoms. The molecule has 2 aromatic carbocycles. The van der Waals surface area contributed by atoms with Gasteiger partial charge in [0.2, 0.25) is 0 Å². The van der Waals surface area contributed by atoms with Crippen LogP contribution < -0.4 is 0 Å². The van der Waals surface area contributed by atoms with Crippen LogP contribution in [0.25, 0.3) is 0 Å². The number of aryl methyl sites for hydroxylation is 4. The maximum atomic E-state index is 12.4. The summed E-state index contributed by atoms with van der Waals surface area (Å²) in [6.45, 7) is 5.94. The molecule has 0 unspecified atom stereocenters. The van der Waals surface area contributed by atoms with Crippen LogP contribution in [0.15, 0.2) is 47.4 Å². The molecule has 0 N–H and O–H groups in total. The molecule has 0 saturated heterocycles. The zero-order chi connectivity index (χ0) is 14.8. The molecule has 2 aromatic rings. The van der Waals surface area contributed by atoms with Crippen LogP contribution in [0.4, 0.5) is 0 Å². The van der Waals surface area contributed by atoms with Crippen molar-refractivity contribution in [2.24, 2.45) is 0 Å². The molecule has 0 fully saturated rings. The van der Waals surface area contributed by atoms with Gasteiger partial charge in [-0.1, -0.05) is 35.9 Å². The fraction of sp³-hybridized carbons (Fsp3) is 0.294. The zero-order valence-electron chi connectivity index (χ0n) is 12.2. The first-order valence-electron chi connectivity index (χ1n) is 6.74. The molecule has 3 heteroatoms. The predicted molar refractivity (Wildman–Crippen MR) is 82.9 cm³/mol. The molecule has 0 heterocycles. The van der Waals surface area contributed by atoms with E-state index < -0.39 is 9.84 Å². The minimum absolute atomic E-state index is 0.152. The smallest absolute Gasteiger partial charge is 0.178 e. The van der Waals surface area contributed by atoms with Crippen molar-refractivity contribution in [2.75, 3.05) is 5.75 Å². The number of hydrogen-bond acceptors (Lipinski definition) is 2. The fourth-order valence-corrected chi connectivity index (χ4v) is 3.52. The van der Waals surface area contributed by atoms with Gasteiger partial charge in [-0.25, -0.2) is 8.42 Å². The lowest BCUT2D eigenvalue weighted by Crippen LogP contribution is -2.09. The molecule has 0 radical (unpaired) electrons. The lowest BCUT2D eigenvalue weighted by molar-refractivity contribution is 0.595. The molecule has 0 saturated carbocycles. The normalized spacial score (nSPS) is 11.6. The lowest BCUT2D eigenvalue weighted by Gasteiger charge is -2.07. The number of rotatable bonds is 4. The third kappa shape index (κ3) is 3.48. The van der Waals surface area contributed by atoms with Crippen molar-refractivity contribution in [1.82, 2.24) is 0 Å². The van der Waals surface area contributed by atoms with Crippen LogP contribution in [-0.4, -0.2) is 14.2 Å². The van der Waals surface area contributed by atoms with Gasteiger partial charge >= 0.3 is 0 Å². The Balaban J connectivity index is 2.17. The highest BCUT2D eigenvalue weighted by Gasteiger charge is 2.15. The summed E-state index contributed by atoms with van der Waals surface area (Å²) in [5.74, 6) is 0.152. The van der Waals surface area contributed by atoms with Crippen LogP contribution in [0.3, 0.4) is 0 Å². The molecule has 20 heavy (non-hydrogen) atoms. The second kappa shape index (κ2) is 5.80. The summed E-state index contributed by atoms with van der Waals surface area (Å²) in [5.41, 5.74) is 4.35. The Morgan fingerprint density at radius 2 is 1.65 bits per heavy atom. The molecule has 0 aromatic heterocycles. The predicted octanol–water partition coefficient (Wildman–Crippen LogP) is 3.63. The minimum Gasteiger partial charge on any atom is -0.224 e. The van der Waals surface area contributed by atoms with Crippen molar-refractivity contribution in [2.45, 2.75) is 32.1 Å². The molecule has 0 aliphatic heterocycles. The van der Waals surface area contributed by atoms with Crippen molar-refractivity contribution in [3.63, 3.8) is 0 Å². The molecule has 0 amide bonds. The van der Waals surface area contributed by atoms with E-state index in [-0.39, 0.29) is 5.75 Å². The van der Waals surface area contributed by atoms with Gasteiger partial charge in [0.1, 0.15) is 0 Å². The van der Waals surface area contributed by atoms with E-state index in [4.69, 9.17) is 0 Å². The molecule has 106 valence electrons. The van der Waals surface area contributed by atoms with Crippen molar-refractivity contribution in [3.05, 3.63) is 64.7 Å². The Bertz CT molecular complexity index is 716. The maximum absolute atomic E-state index is 12.4. The Labute approximate surface area is 121 Å². The maximum Gasteiger partial charge on any atom is 0.178 e. The first-order chi connectivity index (χ1) is 9.38. The van der Waals surface area contributed by atoms with Gasteiger partial charge in [-0.3, -0.25) is 0 Å². The van der Waals surface area contributed by atoms with Crippen molar-refractivity contribution < 1.29 is 8.42 Å². The van der Waals surface area contributed by atoms with E-state index in [1.54, 1.807) is 12.1 Å². The standard InChI is InChI=1S/C17H20O2S/c1-13-5-4-6-16(11-13)9-10-20(18,19)17-8-7-14(2)15(3)12-17/h4-8,11-12H,9-10H2,1-3H3. The first-order valence-corrected chi connectivity index (χ1v) is 8.39. The van der Waals surface area contributed by atoms with Gasteiger partial charge < -0.3 is 0 Å². The van der Waals surface area contributed by atoms with Gasteiger partial charge in [-0.05, 0) is 56.0 Å². The number of benzene rings is 2. The SMILES string of the molecule is Cc1cccc(CCS(=O)(=O)c2ccc(C)c(C)c2)c1. The largest absolute Gasteiger partial charge is 0.224 e. The third-order valence-electron chi connectivity index (χ3n) is 3.58. The summed E-state index contributed by atoms with van der Waals surface area (Å²) in [6.07, 6.45) is 0.553. The van der Waals surface area contributed by atoms with Crippen LogP contribution in [0.5, 0.6) is 0 Å². The summed E-state index contributed by atoms with van der Waals surface area (Å²) in [7, 11) is -3.21. The van der Waals surface area contributed by atoms with Crippen molar-refractivity contribution in [1.29, 1.82) is 0 Å². The summed E-state index contributed by atoms with van der Waals surface area (Å²) < 4.78 is 24.7. The van der Waals surface area contributed by atoms with Gasteiger partial charge in [-0.15, -0.1) is 0 Å². The average Bonchev–Trinajstić information content (AvgIpc) is 2.40. The van der Waals surface area contributed by atoms with E-state index in [2.05, 4.69) is 0 Å². The second-order valence-electron chi connectivity index (χ2n) is 5.30. The van der Waals surface area contributed by atoms with Gasteiger partial charge in [0.15, 0.2) is 9.84 Å². The van der Waals surface area contributed by atoms with E-state index in [1.165, 1.54) is 0 Å². The van der Waals surface area contributed by atoms with Crippen molar-refractivity contribution >= 4 is 9.84 Å². The Morgan fingerprint density at radius 1 is 0.900 bits per heavy atom. The zero-order valence-corrected chi connectivity index (χ0v) is 13.0. The Hall–Kier alpha value is -1.61. The van der Waals surface area contributed by atoms with E-state index >= 15 is 0 Å².